The van der Waals surface area contributed by atoms with Gasteiger partial charge in [-0.25, -0.2) is 8.78 Å². The van der Waals surface area contributed by atoms with E-state index in [0.29, 0.717) is 29.9 Å². The molecule has 1 aliphatic heterocycles. The average Bonchev–Trinajstić information content (AvgIpc) is 2.88. The maximum atomic E-state index is 14.3. The molecule has 204 valence electrons. The number of Topliss-reactive ketones (excluding diaryl/α,β-unsaturated/α-hetero) is 1. The highest BCUT2D eigenvalue weighted by atomic mass is 32.2. The number of thioether (sulfide) groups is 1. The van der Waals surface area contributed by atoms with Crippen LogP contribution in [-0.2, 0) is 10.5 Å². The number of nitrogens with zero attached hydrogens (tertiary/aromatic N) is 2. The minimum atomic E-state index is -0.622. The van der Waals surface area contributed by atoms with Crippen molar-refractivity contribution < 1.29 is 13.6 Å². The van der Waals surface area contributed by atoms with E-state index in [0.717, 1.165) is 32.8 Å². The number of allylic oxidation sites excluding steroid dienone is 3. The van der Waals surface area contributed by atoms with Crippen molar-refractivity contribution in [3.05, 3.63) is 117 Å². The molecule has 1 heterocycles. The van der Waals surface area contributed by atoms with E-state index in [9.17, 15) is 18.8 Å². The number of nitriles is 1. The van der Waals surface area contributed by atoms with Crippen molar-refractivity contribution in [2.45, 2.75) is 57.1 Å². The fraction of sp³-hybridized carbons (Fsp3) is 0.273. The number of hydrogen-bond acceptors (Lipinski definition) is 5. The maximum absolute atomic E-state index is 14.3. The third kappa shape index (κ3) is 5.16. The number of ketones is 1. The monoisotopic (exact) mass is 555 g/mol. The van der Waals surface area contributed by atoms with Crippen LogP contribution in [0.2, 0.25) is 0 Å². The first-order chi connectivity index (χ1) is 19.0. The SMILES string of the molecule is Cc1cc(C)c(C2C(C#N)=C(N)N(c3cccc(F)c3)C3=C2C(=O)CC(C)(C)C3)cc1CSc1ccc(F)cc1. The van der Waals surface area contributed by atoms with Crippen LogP contribution in [0.1, 0.15) is 54.9 Å². The highest BCUT2D eigenvalue weighted by molar-refractivity contribution is 7.98. The molecule has 0 fully saturated rings. The van der Waals surface area contributed by atoms with Crippen LogP contribution in [0.5, 0.6) is 0 Å². The van der Waals surface area contributed by atoms with Gasteiger partial charge in [0.15, 0.2) is 5.78 Å². The predicted octanol–water partition coefficient (Wildman–Crippen LogP) is 7.81. The van der Waals surface area contributed by atoms with Crippen LogP contribution in [0.15, 0.2) is 88.2 Å². The molecule has 0 aromatic heterocycles. The number of halogens is 2. The Morgan fingerprint density at radius 2 is 1.75 bits per heavy atom. The van der Waals surface area contributed by atoms with Crippen molar-refractivity contribution >= 4 is 23.2 Å². The molecule has 1 atom stereocenters. The van der Waals surface area contributed by atoms with E-state index in [1.807, 2.05) is 27.7 Å². The van der Waals surface area contributed by atoms with Gasteiger partial charge in [0.05, 0.1) is 23.2 Å². The van der Waals surface area contributed by atoms with Gasteiger partial charge in [-0.05, 0) is 90.4 Å². The van der Waals surface area contributed by atoms with E-state index in [4.69, 9.17) is 5.73 Å². The number of carbonyl (C=O) groups is 1. The van der Waals surface area contributed by atoms with Crippen LogP contribution in [0, 0.1) is 42.2 Å². The van der Waals surface area contributed by atoms with Crippen molar-refractivity contribution in [3.63, 3.8) is 0 Å². The summed E-state index contributed by atoms with van der Waals surface area (Å²) < 4.78 is 27.7. The van der Waals surface area contributed by atoms with Crippen LogP contribution < -0.4 is 10.6 Å². The molecule has 7 heteroatoms. The summed E-state index contributed by atoms with van der Waals surface area (Å²) in [5, 5.41) is 10.4. The first-order valence-corrected chi connectivity index (χ1v) is 14.2. The molecule has 1 aliphatic carbocycles. The standard InChI is InChI=1S/C33H31F2N3OS/c1-19-12-20(2)26(13-21(19)18-40-25-10-8-22(34)9-11-25)30-27(17-36)32(37)38(24-7-5-6-23(35)14-24)28-15-33(3,4)16-29(39)31(28)30/h5-14,30H,15-16,18,37H2,1-4H3. The van der Waals surface area contributed by atoms with Crippen LogP contribution in [0.3, 0.4) is 0 Å². The number of anilines is 1. The van der Waals surface area contributed by atoms with Gasteiger partial charge in [-0.3, -0.25) is 9.69 Å². The zero-order chi connectivity index (χ0) is 28.8. The summed E-state index contributed by atoms with van der Waals surface area (Å²) in [5.74, 6) is -0.498. The Balaban J connectivity index is 1.66. The Bertz CT molecular complexity index is 1620. The summed E-state index contributed by atoms with van der Waals surface area (Å²) >= 11 is 1.60. The lowest BCUT2D eigenvalue weighted by Gasteiger charge is -2.44. The molecule has 2 N–H and O–H groups in total. The summed E-state index contributed by atoms with van der Waals surface area (Å²) in [5.41, 5.74) is 12.4. The Labute approximate surface area is 238 Å². The van der Waals surface area contributed by atoms with Crippen LogP contribution in [-0.4, -0.2) is 5.78 Å². The normalized spacial score (nSPS) is 18.6. The molecule has 4 nitrogen and oxygen atoms in total. The highest BCUT2D eigenvalue weighted by Gasteiger charge is 2.45. The Kier molecular flexibility index (Phi) is 7.32. The zero-order valence-electron chi connectivity index (χ0n) is 23.0. The van der Waals surface area contributed by atoms with Gasteiger partial charge in [-0.2, -0.15) is 5.26 Å². The second-order valence-electron chi connectivity index (χ2n) is 11.3. The highest BCUT2D eigenvalue weighted by Crippen LogP contribution is 2.51. The molecule has 0 radical (unpaired) electrons. The molecule has 0 saturated heterocycles. The van der Waals surface area contributed by atoms with Gasteiger partial charge < -0.3 is 5.73 Å². The fourth-order valence-corrected chi connectivity index (χ4v) is 6.77. The molecular formula is C33H31F2N3OS. The van der Waals surface area contributed by atoms with E-state index < -0.39 is 11.7 Å². The second kappa shape index (κ2) is 10.6. The molecule has 3 aromatic carbocycles. The predicted molar refractivity (Wildman–Crippen MR) is 155 cm³/mol. The van der Waals surface area contributed by atoms with Gasteiger partial charge in [0.1, 0.15) is 17.5 Å². The lowest BCUT2D eigenvalue weighted by molar-refractivity contribution is -0.118. The Morgan fingerprint density at radius 1 is 1.02 bits per heavy atom. The lowest BCUT2D eigenvalue weighted by Crippen LogP contribution is -2.42. The molecule has 5 rings (SSSR count). The van der Waals surface area contributed by atoms with Crippen LogP contribution >= 0.6 is 11.8 Å². The zero-order valence-corrected chi connectivity index (χ0v) is 23.8. The number of hydrogen-bond donors (Lipinski definition) is 1. The molecule has 3 aromatic rings. The molecule has 40 heavy (non-hydrogen) atoms. The minimum Gasteiger partial charge on any atom is -0.384 e. The summed E-state index contributed by atoms with van der Waals surface area (Å²) in [4.78, 5) is 16.5. The van der Waals surface area contributed by atoms with Gasteiger partial charge >= 0.3 is 0 Å². The van der Waals surface area contributed by atoms with Gasteiger partial charge in [-0.1, -0.05) is 32.0 Å². The number of rotatable bonds is 5. The van der Waals surface area contributed by atoms with Crippen molar-refractivity contribution in [3.8, 4) is 6.07 Å². The molecule has 0 spiro atoms. The average molecular weight is 556 g/mol. The topological polar surface area (TPSA) is 70.1 Å². The van der Waals surface area contributed by atoms with E-state index in [1.54, 1.807) is 40.9 Å². The molecule has 0 saturated carbocycles. The van der Waals surface area contributed by atoms with Crippen molar-refractivity contribution in [1.29, 1.82) is 5.26 Å². The number of nitrogens with two attached hydrogens (primary N) is 1. The van der Waals surface area contributed by atoms with Crippen molar-refractivity contribution in [2.75, 3.05) is 4.90 Å². The van der Waals surface area contributed by atoms with E-state index in [2.05, 4.69) is 18.2 Å². The lowest BCUT2D eigenvalue weighted by atomic mass is 9.68. The Hall–Kier alpha value is -3.89. The second-order valence-corrected chi connectivity index (χ2v) is 12.4. The number of aryl methyl sites for hydroxylation is 2. The first kappa shape index (κ1) is 27.7. The minimum absolute atomic E-state index is 0.0277. The molecule has 1 unspecified atom stereocenters. The molecular weight excluding hydrogens is 524 g/mol. The van der Waals surface area contributed by atoms with Gasteiger partial charge in [0.25, 0.3) is 0 Å². The van der Waals surface area contributed by atoms with Gasteiger partial charge in [0.2, 0.25) is 0 Å². The number of carbonyl (C=O) groups excluding carboxylic acids is 1. The smallest absolute Gasteiger partial charge is 0.162 e. The summed E-state index contributed by atoms with van der Waals surface area (Å²) in [6, 6.07) is 18.9. The van der Waals surface area contributed by atoms with Crippen LogP contribution in [0.4, 0.5) is 14.5 Å². The first-order valence-electron chi connectivity index (χ1n) is 13.2. The van der Waals surface area contributed by atoms with Crippen molar-refractivity contribution in [1.82, 2.24) is 0 Å². The summed E-state index contributed by atoms with van der Waals surface area (Å²) in [6.07, 6.45) is 0.898. The Morgan fingerprint density at radius 3 is 2.42 bits per heavy atom. The van der Waals surface area contributed by atoms with E-state index >= 15 is 0 Å². The van der Waals surface area contributed by atoms with E-state index in [-0.39, 0.29) is 28.4 Å². The largest absolute Gasteiger partial charge is 0.384 e. The maximum Gasteiger partial charge on any atom is 0.162 e. The van der Waals surface area contributed by atoms with Gasteiger partial charge in [-0.15, -0.1) is 11.8 Å². The van der Waals surface area contributed by atoms with Gasteiger partial charge in [0, 0.05) is 28.3 Å². The fourth-order valence-electron chi connectivity index (χ4n) is 5.80. The third-order valence-corrected chi connectivity index (χ3v) is 8.75. The molecule has 0 bridgehead atoms. The molecule has 2 aliphatic rings. The third-order valence-electron chi connectivity index (χ3n) is 7.69. The van der Waals surface area contributed by atoms with Crippen molar-refractivity contribution in [2.24, 2.45) is 11.1 Å². The quantitative estimate of drug-likeness (QED) is 0.325. The summed E-state index contributed by atoms with van der Waals surface area (Å²) in [7, 11) is 0. The van der Waals surface area contributed by atoms with Crippen LogP contribution in [0.25, 0.3) is 0 Å². The number of benzene rings is 3. The molecule has 0 amide bonds. The van der Waals surface area contributed by atoms with E-state index in [1.165, 1.54) is 24.3 Å². The summed E-state index contributed by atoms with van der Waals surface area (Å²) in [6.45, 7) is 8.10.